The minimum Gasteiger partial charge on any atom is -0.497 e. The van der Waals surface area contributed by atoms with Gasteiger partial charge >= 0.3 is 5.97 Å². The number of carboxylic acid groups (broad SMARTS) is 1. The number of para-hydroxylation sites is 1. The van der Waals surface area contributed by atoms with E-state index in [1.807, 2.05) is 55.5 Å². The van der Waals surface area contributed by atoms with Crippen molar-refractivity contribution in [2.24, 2.45) is 0 Å². The fourth-order valence-corrected chi connectivity index (χ4v) is 2.44. The number of aromatic carboxylic acids is 1. The molecule has 0 aliphatic carbocycles. The summed E-state index contributed by atoms with van der Waals surface area (Å²) in [5, 5.41) is 14.0. The van der Waals surface area contributed by atoms with Gasteiger partial charge in [-0.2, -0.15) is 5.10 Å². The minimum absolute atomic E-state index is 0.122. The quantitative estimate of drug-likeness (QED) is 0.800. The molecule has 116 valence electrons. The number of rotatable bonds is 4. The van der Waals surface area contributed by atoms with Crippen LogP contribution in [-0.2, 0) is 0 Å². The van der Waals surface area contributed by atoms with Gasteiger partial charge in [0.1, 0.15) is 5.75 Å². The zero-order chi connectivity index (χ0) is 16.4. The molecule has 5 nitrogen and oxygen atoms in total. The van der Waals surface area contributed by atoms with Crippen LogP contribution in [0.5, 0.6) is 5.75 Å². The van der Waals surface area contributed by atoms with Crippen molar-refractivity contribution >= 4 is 5.97 Å². The lowest BCUT2D eigenvalue weighted by molar-refractivity contribution is 0.0687. The fraction of sp³-hybridized carbons (Fsp3) is 0.111. The van der Waals surface area contributed by atoms with Gasteiger partial charge in [0.05, 0.1) is 18.5 Å². The van der Waals surface area contributed by atoms with E-state index in [0.29, 0.717) is 11.4 Å². The van der Waals surface area contributed by atoms with Crippen LogP contribution < -0.4 is 4.74 Å². The van der Waals surface area contributed by atoms with Crippen molar-refractivity contribution in [2.75, 3.05) is 7.11 Å². The van der Waals surface area contributed by atoms with Crippen LogP contribution in [0.15, 0.2) is 54.6 Å². The predicted molar refractivity (Wildman–Crippen MR) is 87.2 cm³/mol. The van der Waals surface area contributed by atoms with Gasteiger partial charge < -0.3 is 9.84 Å². The van der Waals surface area contributed by atoms with Crippen LogP contribution in [0, 0.1) is 6.92 Å². The maximum absolute atomic E-state index is 11.6. The van der Waals surface area contributed by atoms with Crippen molar-refractivity contribution in [1.82, 2.24) is 9.78 Å². The van der Waals surface area contributed by atoms with Gasteiger partial charge in [0.25, 0.3) is 0 Å². The van der Waals surface area contributed by atoms with E-state index in [1.165, 1.54) is 4.68 Å². The molecule has 1 N–H and O–H groups in total. The van der Waals surface area contributed by atoms with Crippen molar-refractivity contribution in [3.05, 3.63) is 65.9 Å². The number of hydrogen-bond donors (Lipinski definition) is 1. The molecule has 0 saturated heterocycles. The van der Waals surface area contributed by atoms with Crippen LogP contribution >= 0.6 is 0 Å². The Labute approximate surface area is 133 Å². The highest BCUT2D eigenvalue weighted by Crippen LogP contribution is 2.26. The maximum Gasteiger partial charge on any atom is 0.354 e. The summed E-state index contributed by atoms with van der Waals surface area (Å²) in [7, 11) is 1.59. The molecule has 0 amide bonds. The fourth-order valence-electron chi connectivity index (χ4n) is 2.44. The summed E-state index contributed by atoms with van der Waals surface area (Å²) < 4.78 is 6.68. The number of nitrogens with zero attached hydrogens (tertiary/aromatic N) is 2. The minimum atomic E-state index is -1.02. The van der Waals surface area contributed by atoms with Crippen LogP contribution in [0.1, 0.15) is 16.1 Å². The Morgan fingerprint density at radius 1 is 1.13 bits per heavy atom. The second-order valence-corrected chi connectivity index (χ2v) is 5.15. The molecule has 0 fully saturated rings. The van der Waals surface area contributed by atoms with Crippen molar-refractivity contribution in [3.63, 3.8) is 0 Å². The van der Waals surface area contributed by atoms with E-state index in [-0.39, 0.29) is 5.69 Å². The Kier molecular flexibility index (Phi) is 3.85. The summed E-state index contributed by atoms with van der Waals surface area (Å²) >= 11 is 0. The third-order valence-corrected chi connectivity index (χ3v) is 3.64. The molecule has 5 heteroatoms. The lowest BCUT2D eigenvalue weighted by Gasteiger charge is -2.07. The number of hydrogen-bond acceptors (Lipinski definition) is 3. The summed E-state index contributed by atoms with van der Waals surface area (Å²) in [5.74, 6) is -0.320. The number of benzene rings is 2. The molecule has 0 saturated carbocycles. The molecule has 0 aliphatic rings. The first-order valence-corrected chi connectivity index (χ1v) is 7.14. The van der Waals surface area contributed by atoms with Crippen LogP contribution in [0.25, 0.3) is 16.9 Å². The number of aromatic nitrogens is 2. The van der Waals surface area contributed by atoms with Crippen LogP contribution in [0.2, 0.25) is 0 Å². The lowest BCUT2D eigenvalue weighted by atomic mass is 10.1. The Hall–Kier alpha value is -3.08. The summed E-state index contributed by atoms with van der Waals surface area (Å²) in [6, 6.07) is 16.5. The molecular formula is C18H16N2O3. The van der Waals surface area contributed by atoms with Gasteiger partial charge in [0.15, 0.2) is 5.69 Å². The average molecular weight is 308 g/mol. The van der Waals surface area contributed by atoms with Crippen molar-refractivity contribution in [3.8, 4) is 22.7 Å². The first-order chi connectivity index (χ1) is 11.1. The van der Waals surface area contributed by atoms with Crippen molar-refractivity contribution in [1.29, 1.82) is 0 Å². The number of carbonyl (C=O) groups is 1. The van der Waals surface area contributed by atoms with E-state index < -0.39 is 5.97 Å². The predicted octanol–water partition coefficient (Wildman–Crippen LogP) is 3.55. The van der Waals surface area contributed by atoms with E-state index in [2.05, 4.69) is 5.10 Å². The van der Waals surface area contributed by atoms with Crippen LogP contribution in [-0.4, -0.2) is 28.0 Å². The monoisotopic (exact) mass is 308 g/mol. The van der Waals surface area contributed by atoms with E-state index in [9.17, 15) is 9.90 Å². The zero-order valence-corrected chi connectivity index (χ0v) is 12.9. The standard InChI is InChI=1S/C18H16N2O3/c1-12-6-3-4-9-16(12)20-17(18(21)22)11-15(19-20)13-7-5-8-14(10-13)23-2/h3-11H,1-2H3,(H,21,22). The molecule has 0 unspecified atom stereocenters. The largest absolute Gasteiger partial charge is 0.497 e. The third-order valence-electron chi connectivity index (χ3n) is 3.64. The van der Waals surface area contributed by atoms with Gasteiger partial charge in [-0.15, -0.1) is 0 Å². The summed E-state index contributed by atoms with van der Waals surface area (Å²) in [4.78, 5) is 11.6. The number of aryl methyl sites for hydroxylation is 1. The SMILES string of the molecule is COc1cccc(-c2cc(C(=O)O)n(-c3ccccc3C)n2)c1. The van der Waals surface area contributed by atoms with Crippen molar-refractivity contribution in [2.45, 2.75) is 6.92 Å². The molecule has 0 spiro atoms. The van der Waals surface area contributed by atoms with E-state index >= 15 is 0 Å². The average Bonchev–Trinajstić information content (AvgIpc) is 3.01. The van der Waals surface area contributed by atoms with Gasteiger partial charge in [0, 0.05) is 5.56 Å². The topological polar surface area (TPSA) is 64.3 Å². The summed E-state index contributed by atoms with van der Waals surface area (Å²) in [5.41, 5.74) is 3.22. The normalized spacial score (nSPS) is 10.5. The lowest BCUT2D eigenvalue weighted by Crippen LogP contribution is -2.08. The molecule has 0 atom stereocenters. The van der Waals surface area contributed by atoms with Gasteiger partial charge in [-0.3, -0.25) is 0 Å². The molecule has 3 aromatic rings. The molecule has 0 aliphatic heterocycles. The van der Waals surface area contributed by atoms with Gasteiger partial charge in [-0.05, 0) is 36.8 Å². The van der Waals surface area contributed by atoms with E-state index in [4.69, 9.17) is 4.74 Å². The van der Waals surface area contributed by atoms with Crippen molar-refractivity contribution < 1.29 is 14.6 Å². The summed E-state index contributed by atoms with van der Waals surface area (Å²) in [6.07, 6.45) is 0. The molecule has 3 rings (SSSR count). The Morgan fingerprint density at radius 3 is 2.61 bits per heavy atom. The highest BCUT2D eigenvalue weighted by molar-refractivity contribution is 5.88. The van der Waals surface area contributed by atoms with E-state index in [1.54, 1.807) is 13.2 Å². The number of carboxylic acids is 1. The molecule has 1 aromatic heterocycles. The number of ether oxygens (including phenoxy) is 1. The first-order valence-electron chi connectivity index (χ1n) is 7.14. The second-order valence-electron chi connectivity index (χ2n) is 5.15. The third kappa shape index (κ3) is 2.81. The molecule has 23 heavy (non-hydrogen) atoms. The smallest absolute Gasteiger partial charge is 0.354 e. The Morgan fingerprint density at radius 2 is 1.91 bits per heavy atom. The van der Waals surface area contributed by atoms with Gasteiger partial charge in [0.2, 0.25) is 0 Å². The Balaban J connectivity index is 2.16. The van der Waals surface area contributed by atoms with Crippen LogP contribution in [0.4, 0.5) is 0 Å². The van der Waals surface area contributed by atoms with Gasteiger partial charge in [-0.1, -0.05) is 30.3 Å². The number of methoxy groups -OCH3 is 1. The molecule has 0 radical (unpaired) electrons. The highest BCUT2D eigenvalue weighted by Gasteiger charge is 2.17. The molecular weight excluding hydrogens is 292 g/mol. The highest BCUT2D eigenvalue weighted by atomic mass is 16.5. The first kappa shape index (κ1) is 14.8. The summed E-state index contributed by atoms with van der Waals surface area (Å²) in [6.45, 7) is 1.92. The zero-order valence-electron chi connectivity index (χ0n) is 12.9. The van der Waals surface area contributed by atoms with Gasteiger partial charge in [-0.25, -0.2) is 9.48 Å². The molecule has 1 heterocycles. The molecule has 2 aromatic carbocycles. The van der Waals surface area contributed by atoms with E-state index in [0.717, 1.165) is 16.8 Å². The Bertz CT molecular complexity index is 868. The van der Waals surface area contributed by atoms with Crippen LogP contribution in [0.3, 0.4) is 0 Å². The second kappa shape index (κ2) is 5.96. The maximum atomic E-state index is 11.6. The molecule has 0 bridgehead atoms.